The van der Waals surface area contributed by atoms with Gasteiger partial charge in [-0.05, 0) is 56.2 Å². The van der Waals surface area contributed by atoms with E-state index < -0.39 is 0 Å². The van der Waals surface area contributed by atoms with Gasteiger partial charge in [0.15, 0.2) is 0 Å². The molecular formula is C22H23NO2. The normalized spacial score (nSPS) is 10.5. The van der Waals surface area contributed by atoms with Crippen molar-refractivity contribution in [3.63, 3.8) is 0 Å². The fraction of sp³-hybridized carbons (Fsp3) is 0.227. The predicted octanol–water partition coefficient (Wildman–Crippen LogP) is 5.34. The van der Waals surface area contributed by atoms with Crippen molar-refractivity contribution in [1.29, 1.82) is 0 Å². The van der Waals surface area contributed by atoms with Gasteiger partial charge in [0.1, 0.15) is 18.1 Å². The Hall–Kier alpha value is -2.81. The summed E-state index contributed by atoms with van der Waals surface area (Å²) in [5, 5.41) is 0. The van der Waals surface area contributed by atoms with Crippen LogP contribution in [0.5, 0.6) is 11.5 Å². The minimum absolute atomic E-state index is 0.496. The van der Waals surface area contributed by atoms with Gasteiger partial charge in [0.25, 0.3) is 0 Å². The first kappa shape index (κ1) is 17.0. The smallest absolute Gasteiger partial charge is 0.122 e. The van der Waals surface area contributed by atoms with Crippen LogP contribution in [0.3, 0.4) is 0 Å². The number of benzene rings is 2. The Balaban J connectivity index is 1.76. The van der Waals surface area contributed by atoms with Gasteiger partial charge < -0.3 is 9.47 Å². The topological polar surface area (TPSA) is 31.4 Å². The van der Waals surface area contributed by atoms with E-state index in [2.05, 4.69) is 43.1 Å². The third-order valence-corrected chi connectivity index (χ3v) is 4.00. The maximum absolute atomic E-state index is 5.97. The Morgan fingerprint density at radius 2 is 1.76 bits per heavy atom. The molecule has 0 aliphatic rings. The second-order valence-corrected chi connectivity index (χ2v) is 6.10. The van der Waals surface area contributed by atoms with E-state index >= 15 is 0 Å². The summed E-state index contributed by atoms with van der Waals surface area (Å²) in [4.78, 5) is 4.36. The zero-order chi connectivity index (χ0) is 17.6. The number of hydrogen-bond acceptors (Lipinski definition) is 3. The van der Waals surface area contributed by atoms with E-state index in [0.29, 0.717) is 13.2 Å². The number of aryl methyl sites for hydroxylation is 2. The molecule has 3 aromatic rings. The maximum atomic E-state index is 5.97. The van der Waals surface area contributed by atoms with Gasteiger partial charge in [-0.3, -0.25) is 4.98 Å². The molecule has 0 radical (unpaired) electrons. The summed E-state index contributed by atoms with van der Waals surface area (Å²) in [5.74, 6) is 1.78. The Bertz CT molecular complexity index is 858. The van der Waals surface area contributed by atoms with E-state index in [1.807, 2.05) is 43.6 Å². The molecule has 0 N–H and O–H groups in total. The van der Waals surface area contributed by atoms with Crippen LogP contribution in [0.15, 0.2) is 60.9 Å². The summed E-state index contributed by atoms with van der Waals surface area (Å²) in [6.45, 7) is 7.29. The summed E-state index contributed by atoms with van der Waals surface area (Å²) < 4.78 is 11.5. The molecule has 3 nitrogen and oxygen atoms in total. The van der Waals surface area contributed by atoms with Gasteiger partial charge in [0, 0.05) is 23.5 Å². The molecule has 0 atom stereocenters. The first-order valence-corrected chi connectivity index (χ1v) is 8.53. The molecule has 0 aliphatic heterocycles. The fourth-order valence-corrected chi connectivity index (χ4v) is 2.78. The predicted molar refractivity (Wildman–Crippen MR) is 101 cm³/mol. The van der Waals surface area contributed by atoms with Gasteiger partial charge in [-0.1, -0.05) is 29.8 Å². The van der Waals surface area contributed by atoms with Crippen LogP contribution >= 0.6 is 0 Å². The summed E-state index contributed by atoms with van der Waals surface area (Å²) in [6, 6.07) is 16.4. The Kier molecular flexibility index (Phi) is 5.34. The van der Waals surface area contributed by atoms with Crippen molar-refractivity contribution >= 4 is 0 Å². The average molecular weight is 333 g/mol. The summed E-state index contributed by atoms with van der Waals surface area (Å²) in [6.07, 6.45) is 3.71. The molecule has 1 aromatic heterocycles. The van der Waals surface area contributed by atoms with Gasteiger partial charge in [0.2, 0.25) is 0 Å². The van der Waals surface area contributed by atoms with Crippen LogP contribution in [-0.2, 0) is 6.61 Å². The lowest BCUT2D eigenvalue weighted by atomic mass is 10.1. The Morgan fingerprint density at radius 1 is 0.880 bits per heavy atom. The molecule has 3 rings (SSSR count). The van der Waals surface area contributed by atoms with Crippen molar-refractivity contribution in [2.75, 3.05) is 6.61 Å². The van der Waals surface area contributed by atoms with Crippen LogP contribution < -0.4 is 9.47 Å². The molecule has 0 saturated heterocycles. The van der Waals surface area contributed by atoms with E-state index in [1.165, 1.54) is 5.56 Å². The van der Waals surface area contributed by atoms with Crippen LogP contribution in [0.25, 0.3) is 11.1 Å². The van der Waals surface area contributed by atoms with Crippen LogP contribution in [0.4, 0.5) is 0 Å². The van der Waals surface area contributed by atoms with Gasteiger partial charge in [0.05, 0.1) is 6.61 Å². The molecule has 0 amide bonds. The largest absolute Gasteiger partial charge is 0.494 e. The second kappa shape index (κ2) is 7.84. The van der Waals surface area contributed by atoms with E-state index in [9.17, 15) is 0 Å². The highest BCUT2D eigenvalue weighted by molar-refractivity contribution is 5.64. The standard InChI is InChI=1S/C22H23NO2/c1-4-24-21-7-5-6-19(12-21)20-11-18(13-23-14-20)15-25-22-9-8-16(2)10-17(22)3/h5-14H,4,15H2,1-3H3. The molecule has 25 heavy (non-hydrogen) atoms. The van der Waals surface area contributed by atoms with E-state index in [4.69, 9.17) is 9.47 Å². The Morgan fingerprint density at radius 3 is 2.56 bits per heavy atom. The van der Waals surface area contributed by atoms with Gasteiger partial charge in [-0.25, -0.2) is 0 Å². The minimum atomic E-state index is 0.496. The first-order valence-electron chi connectivity index (χ1n) is 8.53. The van der Waals surface area contributed by atoms with Crippen molar-refractivity contribution in [3.8, 4) is 22.6 Å². The molecule has 0 fully saturated rings. The van der Waals surface area contributed by atoms with Crippen LogP contribution in [0.2, 0.25) is 0 Å². The molecule has 0 aliphatic carbocycles. The third-order valence-electron chi connectivity index (χ3n) is 4.00. The van der Waals surface area contributed by atoms with E-state index in [1.54, 1.807) is 0 Å². The number of nitrogens with zero attached hydrogens (tertiary/aromatic N) is 1. The molecule has 2 aromatic carbocycles. The first-order chi connectivity index (χ1) is 12.2. The lowest BCUT2D eigenvalue weighted by molar-refractivity contribution is 0.303. The van der Waals surface area contributed by atoms with Crippen LogP contribution in [0, 0.1) is 13.8 Å². The molecule has 128 valence electrons. The quantitative estimate of drug-likeness (QED) is 0.610. The molecule has 3 heteroatoms. The van der Waals surface area contributed by atoms with Crippen LogP contribution in [-0.4, -0.2) is 11.6 Å². The van der Waals surface area contributed by atoms with E-state index in [-0.39, 0.29) is 0 Å². The molecule has 0 spiro atoms. The number of rotatable bonds is 6. The lowest BCUT2D eigenvalue weighted by Gasteiger charge is -2.11. The van der Waals surface area contributed by atoms with Crippen molar-refractivity contribution in [1.82, 2.24) is 4.98 Å². The second-order valence-electron chi connectivity index (χ2n) is 6.10. The molecule has 0 unspecified atom stereocenters. The number of aromatic nitrogens is 1. The molecular weight excluding hydrogens is 310 g/mol. The third kappa shape index (κ3) is 4.38. The SMILES string of the molecule is CCOc1cccc(-c2cncc(COc3ccc(C)cc3C)c2)c1. The average Bonchev–Trinajstić information content (AvgIpc) is 2.62. The summed E-state index contributed by atoms with van der Waals surface area (Å²) in [5.41, 5.74) is 5.57. The van der Waals surface area contributed by atoms with Gasteiger partial charge in [-0.15, -0.1) is 0 Å². The van der Waals surface area contributed by atoms with Crippen molar-refractivity contribution in [2.45, 2.75) is 27.4 Å². The fourth-order valence-electron chi connectivity index (χ4n) is 2.78. The van der Waals surface area contributed by atoms with Crippen LogP contribution in [0.1, 0.15) is 23.6 Å². The highest BCUT2D eigenvalue weighted by Gasteiger charge is 2.04. The lowest BCUT2D eigenvalue weighted by Crippen LogP contribution is -1.98. The summed E-state index contributed by atoms with van der Waals surface area (Å²) >= 11 is 0. The molecule has 1 heterocycles. The minimum Gasteiger partial charge on any atom is -0.494 e. The molecule has 0 saturated carbocycles. The van der Waals surface area contributed by atoms with Gasteiger partial charge in [-0.2, -0.15) is 0 Å². The monoisotopic (exact) mass is 333 g/mol. The van der Waals surface area contributed by atoms with Crippen molar-refractivity contribution < 1.29 is 9.47 Å². The number of ether oxygens (including phenoxy) is 2. The van der Waals surface area contributed by atoms with Crippen molar-refractivity contribution in [2.24, 2.45) is 0 Å². The van der Waals surface area contributed by atoms with Crippen molar-refractivity contribution in [3.05, 3.63) is 77.6 Å². The maximum Gasteiger partial charge on any atom is 0.122 e. The zero-order valence-electron chi connectivity index (χ0n) is 15.0. The molecule has 0 bridgehead atoms. The zero-order valence-corrected chi connectivity index (χ0v) is 15.0. The highest BCUT2D eigenvalue weighted by Crippen LogP contribution is 2.25. The van der Waals surface area contributed by atoms with E-state index in [0.717, 1.165) is 33.8 Å². The number of hydrogen-bond donors (Lipinski definition) is 0. The summed E-state index contributed by atoms with van der Waals surface area (Å²) in [7, 11) is 0. The highest BCUT2D eigenvalue weighted by atomic mass is 16.5. The number of pyridine rings is 1. The van der Waals surface area contributed by atoms with Gasteiger partial charge >= 0.3 is 0 Å². The Labute approximate surface area is 149 Å².